The molecule has 1 aliphatic heterocycles. The van der Waals surface area contributed by atoms with Gasteiger partial charge in [0.25, 0.3) is 0 Å². The number of aliphatic hydroxyl groups excluding tert-OH is 2. The van der Waals surface area contributed by atoms with E-state index in [1.807, 2.05) is 12.1 Å². The van der Waals surface area contributed by atoms with Crippen molar-refractivity contribution in [1.29, 1.82) is 0 Å². The number of ether oxygens (including phenoxy) is 2. The molecule has 2 rings (SSSR count). The van der Waals surface area contributed by atoms with Crippen LogP contribution in [0.4, 0.5) is 0 Å². The van der Waals surface area contributed by atoms with Gasteiger partial charge >= 0.3 is 0 Å². The third-order valence-electron chi connectivity index (χ3n) is 3.18. The third kappa shape index (κ3) is 4.47. The molecule has 106 valence electrons. The summed E-state index contributed by atoms with van der Waals surface area (Å²) < 4.78 is 11.1. The van der Waals surface area contributed by atoms with Crippen molar-refractivity contribution in [2.75, 3.05) is 13.2 Å². The van der Waals surface area contributed by atoms with E-state index in [0.29, 0.717) is 25.9 Å². The van der Waals surface area contributed by atoms with Crippen LogP contribution in [0, 0.1) is 0 Å². The van der Waals surface area contributed by atoms with Crippen molar-refractivity contribution in [1.82, 2.24) is 0 Å². The predicted molar refractivity (Wildman–Crippen MR) is 68.8 cm³/mol. The second-order valence-corrected chi connectivity index (χ2v) is 4.78. The molecule has 0 saturated carbocycles. The Balaban J connectivity index is 1.74. The molecule has 1 fully saturated rings. The van der Waals surface area contributed by atoms with E-state index < -0.39 is 12.4 Å². The average Bonchev–Trinajstić information content (AvgIpc) is 2.40. The van der Waals surface area contributed by atoms with Crippen molar-refractivity contribution in [3.05, 3.63) is 29.8 Å². The summed E-state index contributed by atoms with van der Waals surface area (Å²) in [5, 5.41) is 27.8. The molecule has 0 amide bonds. The molecule has 3 unspecified atom stereocenters. The van der Waals surface area contributed by atoms with Crippen molar-refractivity contribution in [2.45, 2.75) is 37.8 Å². The summed E-state index contributed by atoms with van der Waals surface area (Å²) in [7, 11) is 0. The average molecular weight is 268 g/mol. The van der Waals surface area contributed by atoms with Crippen molar-refractivity contribution in [2.24, 2.45) is 0 Å². The Labute approximate surface area is 112 Å². The standard InChI is InChI=1S/C14H20O5/c15-9-13-7-12(17)8-14(19-13)18-6-5-10-1-3-11(16)4-2-10/h1-4,12-17H,5-9H2. The smallest absolute Gasteiger partial charge is 0.160 e. The SMILES string of the molecule is OCC1CC(O)CC(OCCc2ccc(O)cc2)O1. The van der Waals surface area contributed by atoms with Gasteiger partial charge < -0.3 is 24.8 Å². The molecule has 0 aromatic heterocycles. The summed E-state index contributed by atoms with van der Waals surface area (Å²) >= 11 is 0. The zero-order valence-electron chi connectivity index (χ0n) is 10.7. The Morgan fingerprint density at radius 2 is 1.95 bits per heavy atom. The van der Waals surface area contributed by atoms with Crippen molar-refractivity contribution in [3.8, 4) is 5.75 Å². The van der Waals surface area contributed by atoms with Gasteiger partial charge in [-0.05, 0) is 24.1 Å². The molecule has 3 N–H and O–H groups in total. The van der Waals surface area contributed by atoms with Crippen LogP contribution in [0.3, 0.4) is 0 Å². The van der Waals surface area contributed by atoms with Crippen LogP contribution >= 0.6 is 0 Å². The van der Waals surface area contributed by atoms with E-state index in [1.54, 1.807) is 12.1 Å². The van der Waals surface area contributed by atoms with Gasteiger partial charge in [-0.1, -0.05) is 12.1 Å². The minimum Gasteiger partial charge on any atom is -0.508 e. The summed E-state index contributed by atoms with van der Waals surface area (Å²) in [6.45, 7) is 0.370. The number of phenolic OH excluding ortho intramolecular Hbond substituents is 1. The highest BCUT2D eigenvalue weighted by atomic mass is 16.7. The van der Waals surface area contributed by atoms with Gasteiger partial charge in [0.2, 0.25) is 0 Å². The summed E-state index contributed by atoms with van der Waals surface area (Å²) in [5.74, 6) is 0.245. The van der Waals surface area contributed by atoms with Crippen LogP contribution in [0.5, 0.6) is 5.75 Å². The molecular weight excluding hydrogens is 248 g/mol. The van der Waals surface area contributed by atoms with E-state index >= 15 is 0 Å². The van der Waals surface area contributed by atoms with Crippen molar-refractivity contribution >= 4 is 0 Å². The van der Waals surface area contributed by atoms with Gasteiger partial charge in [0.15, 0.2) is 6.29 Å². The Kier molecular flexibility index (Phi) is 5.15. The molecule has 19 heavy (non-hydrogen) atoms. The third-order valence-corrected chi connectivity index (χ3v) is 3.18. The van der Waals surface area contributed by atoms with Crippen LogP contribution in [0.25, 0.3) is 0 Å². The number of aliphatic hydroxyl groups is 2. The summed E-state index contributed by atoms with van der Waals surface area (Å²) in [6.07, 6.45) is 0.311. The molecule has 1 aliphatic rings. The van der Waals surface area contributed by atoms with E-state index in [0.717, 1.165) is 5.56 Å². The number of hydrogen-bond donors (Lipinski definition) is 3. The van der Waals surface area contributed by atoms with Crippen molar-refractivity contribution < 1.29 is 24.8 Å². The molecule has 5 nitrogen and oxygen atoms in total. The fraction of sp³-hybridized carbons (Fsp3) is 0.571. The highest BCUT2D eigenvalue weighted by Gasteiger charge is 2.28. The number of phenols is 1. The zero-order valence-corrected chi connectivity index (χ0v) is 10.7. The fourth-order valence-electron chi connectivity index (χ4n) is 2.14. The Bertz CT molecular complexity index is 378. The molecule has 0 spiro atoms. The highest BCUT2D eigenvalue weighted by molar-refractivity contribution is 5.25. The molecule has 0 radical (unpaired) electrons. The van der Waals surface area contributed by atoms with Crippen LogP contribution in [-0.4, -0.2) is 47.0 Å². The number of aromatic hydroxyl groups is 1. The van der Waals surface area contributed by atoms with Gasteiger partial charge in [-0.2, -0.15) is 0 Å². The predicted octanol–water partition coefficient (Wildman–Crippen LogP) is 0.810. The maximum atomic E-state index is 9.63. The normalized spacial score (nSPS) is 27.4. The molecule has 1 saturated heterocycles. The van der Waals surface area contributed by atoms with E-state index in [9.17, 15) is 5.11 Å². The maximum absolute atomic E-state index is 9.63. The van der Waals surface area contributed by atoms with Gasteiger partial charge in [0.1, 0.15) is 5.75 Å². The summed E-state index contributed by atoms with van der Waals surface area (Å²) in [6, 6.07) is 6.95. The minimum absolute atomic E-state index is 0.102. The van der Waals surface area contributed by atoms with E-state index in [2.05, 4.69) is 0 Å². The lowest BCUT2D eigenvalue weighted by molar-refractivity contribution is -0.221. The van der Waals surface area contributed by atoms with Crippen LogP contribution in [-0.2, 0) is 15.9 Å². The first-order valence-electron chi connectivity index (χ1n) is 6.51. The fourth-order valence-corrected chi connectivity index (χ4v) is 2.14. The number of rotatable bonds is 5. The number of benzene rings is 1. The first kappa shape index (κ1) is 14.3. The van der Waals surface area contributed by atoms with Gasteiger partial charge in [-0.3, -0.25) is 0 Å². The van der Waals surface area contributed by atoms with Crippen molar-refractivity contribution in [3.63, 3.8) is 0 Å². The molecule has 1 aromatic carbocycles. The lowest BCUT2D eigenvalue weighted by Crippen LogP contribution is -2.39. The second-order valence-electron chi connectivity index (χ2n) is 4.78. The summed E-state index contributed by atoms with van der Waals surface area (Å²) in [4.78, 5) is 0. The highest BCUT2D eigenvalue weighted by Crippen LogP contribution is 2.20. The first-order chi connectivity index (χ1) is 9.17. The molecule has 1 aromatic rings. The van der Waals surface area contributed by atoms with Gasteiger partial charge in [0, 0.05) is 12.8 Å². The number of hydrogen-bond acceptors (Lipinski definition) is 5. The Morgan fingerprint density at radius 1 is 1.21 bits per heavy atom. The second kappa shape index (κ2) is 6.86. The van der Waals surface area contributed by atoms with Crippen LogP contribution in [0.1, 0.15) is 18.4 Å². The van der Waals surface area contributed by atoms with Gasteiger partial charge in [-0.15, -0.1) is 0 Å². The lowest BCUT2D eigenvalue weighted by Gasteiger charge is -2.32. The molecule has 3 atom stereocenters. The zero-order chi connectivity index (χ0) is 13.7. The molecule has 1 heterocycles. The first-order valence-corrected chi connectivity index (χ1v) is 6.51. The summed E-state index contributed by atoms with van der Waals surface area (Å²) in [5.41, 5.74) is 1.06. The minimum atomic E-state index is -0.482. The van der Waals surface area contributed by atoms with E-state index in [4.69, 9.17) is 19.7 Å². The quantitative estimate of drug-likeness (QED) is 0.736. The Morgan fingerprint density at radius 3 is 2.63 bits per heavy atom. The molecular formula is C14H20O5. The molecule has 5 heteroatoms. The monoisotopic (exact) mass is 268 g/mol. The van der Waals surface area contributed by atoms with Gasteiger partial charge in [0.05, 0.1) is 25.4 Å². The van der Waals surface area contributed by atoms with Crippen LogP contribution < -0.4 is 0 Å². The van der Waals surface area contributed by atoms with Crippen LogP contribution in [0.2, 0.25) is 0 Å². The van der Waals surface area contributed by atoms with E-state index in [-0.39, 0.29) is 18.5 Å². The van der Waals surface area contributed by atoms with E-state index in [1.165, 1.54) is 0 Å². The Hall–Kier alpha value is -1.14. The molecule has 0 aliphatic carbocycles. The van der Waals surface area contributed by atoms with Gasteiger partial charge in [-0.25, -0.2) is 0 Å². The molecule has 0 bridgehead atoms. The lowest BCUT2D eigenvalue weighted by atomic mass is 10.1. The van der Waals surface area contributed by atoms with Crippen LogP contribution in [0.15, 0.2) is 24.3 Å². The topological polar surface area (TPSA) is 79.2 Å². The maximum Gasteiger partial charge on any atom is 0.160 e. The largest absolute Gasteiger partial charge is 0.508 e.